The quantitative estimate of drug-likeness (QED) is 0.407. The van der Waals surface area contributed by atoms with E-state index in [9.17, 15) is 13.2 Å². The smallest absolute Gasteiger partial charge is 0.339 e. The predicted octanol–water partition coefficient (Wildman–Crippen LogP) is 1.80. The third-order valence-corrected chi connectivity index (χ3v) is 5.64. The van der Waals surface area contributed by atoms with Crippen LogP contribution >= 0.6 is 22.0 Å². The molecule has 9 heteroatoms. The van der Waals surface area contributed by atoms with Crippen molar-refractivity contribution in [2.75, 3.05) is 33.5 Å². The van der Waals surface area contributed by atoms with Crippen molar-refractivity contribution in [3.05, 3.63) is 16.5 Å². The zero-order valence-corrected chi connectivity index (χ0v) is 13.4. The topological polar surface area (TPSA) is 78.9 Å². The molecule has 0 aliphatic carbocycles. The fraction of sp³-hybridized carbons (Fsp3) is 0.545. The van der Waals surface area contributed by atoms with Crippen LogP contribution in [-0.2, 0) is 23.3 Å². The zero-order chi connectivity index (χ0) is 15.2. The number of halogens is 1. The van der Waals surface area contributed by atoms with E-state index in [2.05, 4.69) is 0 Å². The van der Waals surface area contributed by atoms with E-state index in [1.807, 2.05) is 0 Å². The van der Waals surface area contributed by atoms with Crippen molar-refractivity contribution in [3.63, 3.8) is 0 Å². The van der Waals surface area contributed by atoms with E-state index in [4.69, 9.17) is 24.9 Å². The van der Waals surface area contributed by atoms with Gasteiger partial charge in [-0.05, 0) is 12.5 Å². The Kier molecular flexibility index (Phi) is 6.90. The second-order valence-corrected chi connectivity index (χ2v) is 7.38. The van der Waals surface area contributed by atoms with Gasteiger partial charge in [0.1, 0.15) is 10.8 Å². The fourth-order valence-electron chi connectivity index (χ4n) is 1.36. The molecule has 0 aliphatic heterocycles. The Morgan fingerprint density at radius 1 is 1.30 bits per heavy atom. The SMILES string of the molecule is COCCOCCOC(=O)c1csc(S(=O)(=O)Cl)c1C. The van der Waals surface area contributed by atoms with Gasteiger partial charge in [-0.15, -0.1) is 11.3 Å². The van der Waals surface area contributed by atoms with E-state index in [0.29, 0.717) is 18.8 Å². The van der Waals surface area contributed by atoms with Crippen molar-refractivity contribution in [2.45, 2.75) is 11.1 Å². The summed E-state index contributed by atoms with van der Waals surface area (Å²) in [5.41, 5.74) is 0.501. The predicted molar refractivity (Wildman–Crippen MR) is 75.1 cm³/mol. The first kappa shape index (κ1) is 17.4. The molecule has 6 nitrogen and oxygen atoms in total. The van der Waals surface area contributed by atoms with Crippen molar-refractivity contribution in [2.24, 2.45) is 0 Å². The average molecular weight is 343 g/mol. The highest BCUT2D eigenvalue weighted by atomic mass is 35.7. The molecular weight excluding hydrogens is 328 g/mol. The summed E-state index contributed by atoms with van der Waals surface area (Å²) in [6, 6.07) is 0. The maximum absolute atomic E-state index is 11.8. The van der Waals surface area contributed by atoms with Gasteiger partial charge in [-0.3, -0.25) is 0 Å². The van der Waals surface area contributed by atoms with Crippen LogP contribution in [0.15, 0.2) is 9.59 Å². The molecule has 0 aromatic carbocycles. The Morgan fingerprint density at radius 2 is 1.95 bits per heavy atom. The number of ether oxygens (including phenoxy) is 3. The largest absolute Gasteiger partial charge is 0.460 e. The first-order valence-corrected chi connectivity index (χ1v) is 8.83. The Balaban J connectivity index is 2.51. The molecule has 0 atom stereocenters. The highest BCUT2D eigenvalue weighted by Gasteiger charge is 2.22. The number of rotatable bonds is 8. The summed E-state index contributed by atoms with van der Waals surface area (Å²) in [5, 5.41) is 1.42. The molecule has 0 saturated heterocycles. The molecule has 20 heavy (non-hydrogen) atoms. The molecule has 1 aromatic heterocycles. The minimum atomic E-state index is -3.84. The fourth-order valence-corrected chi connectivity index (χ4v) is 3.89. The maximum atomic E-state index is 11.8. The Bertz CT molecular complexity index is 551. The van der Waals surface area contributed by atoms with E-state index in [-0.39, 0.29) is 23.0 Å². The molecule has 0 saturated carbocycles. The molecule has 0 N–H and O–H groups in total. The van der Waals surface area contributed by atoms with E-state index in [0.717, 1.165) is 11.3 Å². The van der Waals surface area contributed by atoms with Crippen molar-refractivity contribution in [3.8, 4) is 0 Å². The van der Waals surface area contributed by atoms with E-state index < -0.39 is 15.0 Å². The van der Waals surface area contributed by atoms with Gasteiger partial charge in [0, 0.05) is 23.2 Å². The lowest BCUT2D eigenvalue weighted by Crippen LogP contribution is -2.13. The summed E-state index contributed by atoms with van der Waals surface area (Å²) in [6.45, 7) is 2.73. The molecule has 1 heterocycles. The first-order chi connectivity index (χ1) is 9.38. The molecule has 1 aromatic rings. The molecule has 0 aliphatic rings. The number of hydrogen-bond donors (Lipinski definition) is 0. The number of esters is 1. The van der Waals surface area contributed by atoms with Gasteiger partial charge in [0.2, 0.25) is 0 Å². The lowest BCUT2D eigenvalue weighted by atomic mass is 10.2. The summed E-state index contributed by atoms with van der Waals surface area (Å²) in [4.78, 5) is 11.8. The number of carbonyl (C=O) groups is 1. The van der Waals surface area contributed by atoms with E-state index >= 15 is 0 Å². The molecule has 0 amide bonds. The molecule has 0 unspecified atom stereocenters. The molecule has 0 fully saturated rings. The minimum Gasteiger partial charge on any atom is -0.460 e. The Hall–Kier alpha value is -0.670. The number of thiophene rings is 1. The highest BCUT2D eigenvalue weighted by Crippen LogP contribution is 2.29. The molecule has 114 valence electrons. The number of hydrogen-bond acceptors (Lipinski definition) is 7. The summed E-state index contributed by atoms with van der Waals surface area (Å²) in [5.74, 6) is -0.597. The minimum absolute atomic E-state index is 0.0394. The van der Waals surface area contributed by atoms with Gasteiger partial charge < -0.3 is 14.2 Å². The van der Waals surface area contributed by atoms with Crippen LogP contribution in [-0.4, -0.2) is 47.9 Å². The van der Waals surface area contributed by atoms with E-state index in [1.165, 1.54) is 12.3 Å². The second kappa shape index (κ2) is 7.94. The van der Waals surface area contributed by atoms with Gasteiger partial charge in [-0.2, -0.15) is 0 Å². The third kappa shape index (κ3) is 5.02. The Labute approximate surface area is 126 Å². The van der Waals surface area contributed by atoms with Crippen LogP contribution in [0, 0.1) is 6.92 Å². The van der Waals surface area contributed by atoms with Crippen molar-refractivity contribution >= 4 is 37.0 Å². The first-order valence-electron chi connectivity index (χ1n) is 5.64. The lowest BCUT2D eigenvalue weighted by Gasteiger charge is -2.05. The van der Waals surface area contributed by atoms with Crippen molar-refractivity contribution in [1.29, 1.82) is 0 Å². The zero-order valence-electron chi connectivity index (χ0n) is 11.0. The van der Waals surface area contributed by atoms with Gasteiger partial charge in [0.25, 0.3) is 9.05 Å². The van der Waals surface area contributed by atoms with Crippen LogP contribution in [0.1, 0.15) is 15.9 Å². The van der Waals surface area contributed by atoms with Crippen LogP contribution in [0.4, 0.5) is 0 Å². The summed E-state index contributed by atoms with van der Waals surface area (Å²) in [6.07, 6.45) is 0. The molecule has 0 bridgehead atoms. The molecule has 0 radical (unpaired) electrons. The average Bonchev–Trinajstić information content (AvgIpc) is 2.75. The normalized spacial score (nSPS) is 11.6. The third-order valence-electron chi connectivity index (χ3n) is 2.33. The van der Waals surface area contributed by atoms with Gasteiger partial charge in [-0.1, -0.05) is 0 Å². The van der Waals surface area contributed by atoms with Crippen molar-refractivity contribution in [1.82, 2.24) is 0 Å². The summed E-state index contributed by atoms with van der Waals surface area (Å²) in [7, 11) is 2.98. The second-order valence-electron chi connectivity index (χ2n) is 3.74. The standard InChI is InChI=1S/C11H15ClO6S2/c1-8-9(7-19-11(8)20(12,14)15)10(13)18-6-5-17-4-3-16-2/h7H,3-6H2,1-2H3. The number of methoxy groups -OCH3 is 1. The van der Waals surface area contributed by atoms with Crippen molar-refractivity contribution < 1.29 is 27.4 Å². The van der Waals surface area contributed by atoms with Crippen LogP contribution in [0.5, 0.6) is 0 Å². The lowest BCUT2D eigenvalue weighted by molar-refractivity contribution is 0.0213. The number of carbonyl (C=O) groups excluding carboxylic acids is 1. The van der Waals surface area contributed by atoms with E-state index in [1.54, 1.807) is 7.11 Å². The van der Waals surface area contributed by atoms with Gasteiger partial charge in [-0.25, -0.2) is 13.2 Å². The van der Waals surface area contributed by atoms with Gasteiger partial charge in [0.15, 0.2) is 0 Å². The van der Waals surface area contributed by atoms with Crippen LogP contribution < -0.4 is 0 Å². The molecule has 0 spiro atoms. The summed E-state index contributed by atoms with van der Waals surface area (Å²) >= 11 is 0.893. The highest BCUT2D eigenvalue weighted by molar-refractivity contribution is 8.15. The van der Waals surface area contributed by atoms with Crippen LogP contribution in [0.2, 0.25) is 0 Å². The van der Waals surface area contributed by atoms with Crippen LogP contribution in [0.3, 0.4) is 0 Å². The van der Waals surface area contributed by atoms with Gasteiger partial charge >= 0.3 is 5.97 Å². The summed E-state index contributed by atoms with van der Waals surface area (Å²) < 4.78 is 37.3. The van der Waals surface area contributed by atoms with Gasteiger partial charge in [0.05, 0.1) is 25.4 Å². The monoisotopic (exact) mass is 342 g/mol. The molecule has 1 rings (SSSR count). The molecular formula is C11H15ClO6S2. The maximum Gasteiger partial charge on any atom is 0.339 e. The Morgan fingerprint density at radius 3 is 2.50 bits per heavy atom. The van der Waals surface area contributed by atoms with Crippen LogP contribution in [0.25, 0.3) is 0 Å².